The Morgan fingerprint density at radius 2 is 1.88 bits per heavy atom. The Morgan fingerprint density at radius 3 is 2.76 bits per heavy atom. The van der Waals surface area contributed by atoms with Gasteiger partial charge in [0.15, 0.2) is 0 Å². The van der Waals surface area contributed by atoms with Crippen LogP contribution in [0.5, 0.6) is 0 Å². The Bertz CT molecular complexity index is 529. The second-order valence-electron chi connectivity index (χ2n) is 3.79. The normalized spacial score (nSPS) is 24.8. The van der Waals surface area contributed by atoms with Crippen LogP contribution in [0.3, 0.4) is 0 Å². The van der Waals surface area contributed by atoms with Crippen molar-refractivity contribution >= 4 is 24.6 Å². The molecule has 0 aliphatic carbocycles. The third kappa shape index (κ3) is 1.81. The quantitative estimate of drug-likeness (QED) is 0.820. The fourth-order valence-corrected chi connectivity index (χ4v) is 1.78. The van der Waals surface area contributed by atoms with Gasteiger partial charge in [-0.25, -0.2) is 20.0 Å². The molecule has 0 aromatic heterocycles. The van der Waals surface area contributed by atoms with Gasteiger partial charge in [0.05, 0.1) is 6.21 Å². The van der Waals surface area contributed by atoms with E-state index in [0.717, 1.165) is 5.71 Å². The van der Waals surface area contributed by atoms with Gasteiger partial charge in [-0.15, -0.1) is 0 Å². The molecule has 84 valence electrons. The minimum Gasteiger partial charge on any atom is -0.265 e. The number of fused-ring (bicyclic) bond motifs is 1. The Balaban J connectivity index is 1.77. The number of nitrogens with one attached hydrogen (secondary N) is 1. The molecule has 1 aromatic rings. The summed E-state index contributed by atoms with van der Waals surface area (Å²) in [5.74, 6) is -0.766. The van der Waals surface area contributed by atoms with Crippen LogP contribution in [0.4, 0.5) is 0 Å². The molecule has 1 unspecified atom stereocenters. The standard InChI is InChI=1S/C12H11N5/c1-2-4-10(5-3-1)6-15-12-11(14-9-17-12)7-13-8-16-12/h1-5,7-9,15H,6H2. The third-order valence-electron chi connectivity index (χ3n) is 2.69. The van der Waals surface area contributed by atoms with Crippen LogP contribution in [0.2, 0.25) is 0 Å². The summed E-state index contributed by atoms with van der Waals surface area (Å²) >= 11 is 0. The van der Waals surface area contributed by atoms with Crippen LogP contribution in [0.15, 0.2) is 50.3 Å². The highest BCUT2D eigenvalue weighted by molar-refractivity contribution is 6.39. The van der Waals surface area contributed by atoms with E-state index in [0.29, 0.717) is 6.54 Å². The van der Waals surface area contributed by atoms with Crippen LogP contribution >= 0.6 is 0 Å². The number of nitrogens with zero attached hydrogens (tertiary/aromatic N) is 4. The van der Waals surface area contributed by atoms with E-state index in [1.54, 1.807) is 6.21 Å². The summed E-state index contributed by atoms with van der Waals surface area (Å²) in [6.45, 7) is 0.683. The molecule has 17 heavy (non-hydrogen) atoms. The molecule has 0 radical (unpaired) electrons. The fourth-order valence-electron chi connectivity index (χ4n) is 1.78. The minimum atomic E-state index is -0.766. The summed E-state index contributed by atoms with van der Waals surface area (Å²) in [7, 11) is 0. The molecule has 1 atom stereocenters. The molecule has 2 heterocycles. The van der Waals surface area contributed by atoms with E-state index in [2.05, 4.69) is 37.4 Å². The number of rotatable bonds is 3. The summed E-state index contributed by atoms with van der Waals surface area (Å²) < 4.78 is 0. The second kappa shape index (κ2) is 4.03. The molecule has 5 heteroatoms. The molecule has 0 bridgehead atoms. The van der Waals surface area contributed by atoms with E-state index in [1.165, 1.54) is 18.2 Å². The second-order valence-corrected chi connectivity index (χ2v) is 3.79. The van der Waals surface area contributed by atoms with Gasteiger partial charge < -0.3 is 0 Å². The van der Waals surface area contributed by atoms with Gasteiger partial charge in [-0.05, 0) is 5.56 Å². The maximum absolute atomic E-state index is 4.28. The van der Waals surface area contributed by atoms with Gasteiger partial charge in [-0.1, -0.05) is 30.3 Å². The average molecular weight is 225 g/mol. The van der Waals surface area contributed by atoms with E-state index < -0.39 is 5.79 Å². The van der Waals surface area contributed by atoms with E-state index >= 15 is 0 Å². The van der Waals surface area contributed by atoms with Crippen molar-refractivity contribution in [2.75, 3.05) is 0 Å². The first-order valence-corrected chi connectivity index (χ1v) is 5.37. The first-order valence-electron chi connectivity index (χ1n) is 5.37. The molecule has 0 fully saturated rings. The van der Waals surface area contributed by atoms with Gasteiger partial charge >= 0.3 is 0 Å². The van der Waals surface area contributed by atoms with Gasteiger partial charge in [-0.3, -0.25) is 5.32 Å². The monoisotopic (exact) mass is 225 g/mol. The molecular formula is C12H11N5. The van der Waals surface area contributed by atoms with Crippen molar-refractivity contribution in [1.29, 1.82) is 0 Å². The molecule has 0 saturated heterocycles. The first kappa shape index (κ1) is 10.0. The van der Waals surface area contributed by atoms with Crippen molar-refractivity contribution in [1.82, 2.24) is 5.32 Å². The van der Waals surface area contributed by atoms with E-state index in [-0.39, 0.29) is 0 Å². The predicted octanol–water partition coefficient (Wildman–Crippen LogP) is 1.03. The third-order valence-corrected chi connectivity index (χ3v) is 2.69. The highest BCUT2D eigenvalue weighted by atomic mass is 15.3. The molecule has 0 saturated carbocycles. The maximum atomic E-state index is 4.28. The van der Waals surface area contributed by atoms with Crippen LogP contribution in [0.25, 0.3) is 0 Å². The first-order chi connectivity index (χ1) is 8.39. The summed E-state index contributed by atoms with van der Waals surface area (Å²) in [4.78, 5) is 16.6. The van der Waals surface area contributed by atoms with Crippen LogP contribution in [0.1, 0.15) is 5.56 Å². The van der Waals surface area contributed by atoms with Gasteiger partial charge in [0.2, 0.25) is 0 Å². The molecule has 0 spiro atoms. The zero-order valence-electron chi connectivity index (χ0n) is 9.11. The van der Waals surface area contributed by atoms with Crippen molar-refractivity contribution in [3.63, 3.8) is 0 Å². The lowest BCUT2D eigenvalue weighted by molar-refractivity contribution is 0.476. The summed E-state index contributed by atoms with van der Waals surface area (Å²) in [6.07, 6.45) is 4.69. The Hall–Kier alpha value is -2.14. The lowest BCUT2D eigenvalue weighted by Gasteiger charge is -2.24. The largest absolute Gasteiger partial charge is 0.265 e. The Morgan fingerprint density at radius 1 is 1.06 bits per heavy atom. The predicted molar refractivity (Wildman–Crippen MR) is 68.9 cm³/mol. The molecule has 2 aliphatic rings. The van der Waals surface area contributed by atoms with E-state index in [4.69, 9.17) is 0 Å². The van der Waals surface area contributed by atoms with Crippen LogP contribution in [0, 0.1) is 0 Å². The Kier molecular flexibility index (Phi) is 2.38. The summed E-state index contributed by atoms with van der Waals surface area (Å²) in [6, 6.07) is 10.1. The highest BCUT2D eigenvalue weighted by Crippen LogP contribution is 2.18. The van der Waals surface area contributed by atoms with Crippen molar-refractivity contribution in [2.45, 2.75) is 12.3 Å². The molecule has 2 aliphatic heterocycles. The van der Waals surface area contributed by atoms with Crippen LogP contribution < -0.4 is 5.32 Å². The van der Waals surface area contributed by atoms with Crippen molar-refractivity contribution < 1.29 is 0 Å². The molecule has 3 rings (SSSR count). The Labute approximate surface area is 98.7 Å². The van der Waals surface area contributed by atoms with Gasteiger partial charge in [-0.2, -0.15) is 0 Å². The van der Waals surface area contributed by atoms with E-state index in [1.807, 2.05) is 18.2 Å². The average Bonchev–Trinajstić information content (AvgIpc) is 2.82. The summed E-state index contributed by atoms with van der Waals surface area (Å²) in [5, 5.41) is 3.30. The van der Waals surface area contributed by atoms with Crippen molar-refractivity contribution in [2.24, 2.45) is 20.0 Å². The molecule has 1 aromatic carbocycles. The van der Waals surface area contributed by atoms with Crippen LogP contribution in [-0.4, -0.2) is 30.4 Å². The molecular weight excluding hydrogens is 214 g/mol. The molecule has 5 nitrogen and oxygen atoms in total. The lowest BCUT2D eigenvalue weighted by atomic mass is 10.1. The lowest BCUT2D eigenvalue weighted by Crippen LogP contribution is -2.48. The van der Waals surface area contributed by atoms with Crippen molar-refractivity contribution in [3.05, 3.63) is 35.9 Å². The topological polar surface area (TPSA) is 61.5 Å². The van der Waals surface area contributed by atoms with Gasteiger partial charge in [0.1, 0.15) is 18.4 Å². The zero-order chi connectivity index (χ0) is 11.6. The van der Waals surface area contributed by atoms with Crippen molar-refractivity contribution in [3.8, 4) is 0 Å². The number of hydrogen-bond donors (Lipinski definition) is 1. The smallest absolute Gasteiger partial charge is 0.253 e. The fraction of sp³-hybridized carbons (Fsp3) is 0.167. The molecule has 0 amide bonds. The van der Waals surface area contributed by atoms with E-state index in [9.17, 15) is 0 Å². The number of hydrogen-bond acceptors (Lipinski definition) is 5. The maximum Gasteiger partial charge on any atom is 0.253 e. The SMILES string of the molecule is C1=NC=NC2(NCc3ccccc3)N=CN=C12. The minimum absolute atomic E-state index is 0.683. The highest BCUT2D eigenvalue weighted by Gasteiger charge is 2.36. The number of benzene rings is 1. The van der Waals surface area contributed by atoms with Crippen LogP contribution in [-0.2, 0) is 6.54 Å². The van der Waals surface area contributed by atoms with Gasteiger partial charge in [0, 0.05) is 6.54 Å². The summed E-state index contributed by atoms with van der Waals surface area (Å²) in [5.41, 5.74) is 1.91. The van der Waals surface area contributed by atoms with Gasteiger partial charge in [0.25, 0.3) is 5.79 Å². The number of aliphatic imine (C=N–C) groups is 4. The zero-order valence-corrected chi connectivity index (χ0v) is 9.11. The molecule has 1 N–H and O–H groups in total.